The van der Waals surface area contributed by atoms with Crippen LogP contribution >= 0.6 is 0 Å². The highest BCUT2D eigenvalue weighted by Gasteiger charge is 2.12. The summed E-state index contributed by atoms with van der Waals surface area (Å²) >= 11 is 0. The summed E-state index contributed by atoms with van der Waals surface area (Å²) < 4.78 is 4.88. The number of hydrogen-bond donors (Lipinski definition) is 3. The van der Waals surface area contributed by atoms with E-state index >= 15 is 0 Å². The number of nitrogens with zero attached hydrogens (tertiary/aromatic N) is 1. The first-order valence-electron chi connectivity index (χ1n) is 5.89. The molecule has 0 radical (unpaired) electrons. The number of nitrogens with one attached hydrogen (secondary N) is 1. The predicted molar refractivity (Wildman–Crippen MR) is 73.8 cm³/mol. The molecular weight excluding hydrogens is 276 g/mol. The first kappa shape index (κ1) is 14.3. The summed E-state index contributed by atoms with van der Waals surface area (Å²) in [6.07, 6.45) is 1.33. The third-order valence-electron chi connectivity index (χ3n) is 2.70. The molecule has 2 aromatic rings. The van der Waals surface area contributed by atoms with E-state index in [4.69, 9.17) is 9.84 Å². The number of benzene rings is 1. The van der Waals surface area contributed by atoms with Gasteiger partial charge in [0.15, 0.2) is 0 Å². The summed E-state index contributed by atoms with van der Waals surface area (Å²) in [4.78, 5) is 26.6. The molecule has 0 saturated heterocycles. The van der Waals surface area contributed by atoms with Crippen molar-refractivity contribution in [2.45, 2.75) is 0 Å². The number of hydrogen-bond acceptors (Lipinski definition) is 5. The number of phenolic OH excluding ortho intramolecular Hbond substituents is 1. The number of carboxylic acids is 1. The monoisotopic (exact) mass is 288 g/mol. The van der Waals surface area contributed by atoms with Gasteiger partial charge in [0.25, 0.3) is 5.91 Å². The smallest absolute Gasteiger partial charge is 0.335 e. The van der Waals surface area contributed by atoms with Crippen LogP contribution in [0, 0.1) is 0 Å². The maximum absolute atomic E-state index is 12.0. The molecule has 0 bridgehead atoms. The van der Waals surface area contributed by atoms with Crippen molar-refractivity contribution < 1.29 is 24.5 Å². The third kappa shape index (κ3) is 3.27. The summed E-state index contributed by atoms with van der Waals surface area (Å²) in [5, 5.41) is 21.0. The van der Waals surface area contributed by atoms with Gasteiger partial charge in [-0.05, 0) is 24.3 Å². The van der Waals surface area contributed by atoms with Crippen molar-refractivity contribution in [2.24, 2.45) is 0 Å². The molecule has 0 aliphatic rings. The van der Waals surface area contributed by atoms with E-state index in [0.29, 0.717) is 5.88 Å². The molecule has 1 aromatic carbocycles. The van der Waals surface area contributed by atoms with Crippen molar-refractivity contribution in [3.63, 3.8) is 0 Å². The highest BCUT2D eigenvalue weighted by Crippen LogP contribution is 2.25. The van der Waals surface area contributed by atoms with Gasteiger partial charge < -0.3 is 20.3 Å². The molecule has 2 rings (SSSR count). The summed E-state index contributed by atoms with van der Waals surface area (Å²) in [6, 6.07) is 6.70. The number of phenols is 1. The van der Waals surface area contributed by atoms with Crippen LogP contribution in [0.2, 0.25) is 0 Å². The molecule has 1 amide bonds. The van der Waals surface area contributed by atoms with Crippen LogP contribution in [-0.4, -0.2) is 34.2 Å². The fourth-order valence-corrected chi connectivity index (χ4v) is 1.60. The van der Waals surface area contributed by atoms with Crippen molar-refractivity contribution in [1.82, 2.24) is 4.98 Å². The molecule has 0 aliphatic heterocycles. The van der Waals surface area contributed by atoms with Crippen LogP contribution in [0.5, 0.6) is 11.6 Å². The number of methoxy groups -OCH3 is 1. The van der Waals surface area contributed by atoms with Crippen LogP contribution in [0.15, 0.2) is 36.5 Å². The zero-order chi connectivity index (χ0) is 15.4. The van der Waals surface area contributed by atoms with E-state index in [2.05, 4.69) is 10.3 Å². The molecule has 0 fully saturated rings. The Balaban J connectivity index is 2.17. The molecule has 7 heteroatoms. The molecule has 0 unspecified atom stereocenters. The highest BCUT2D eigenvalue weighted by atomic mass is 16.5. The lowest BCUT2D eigenvalue weighted by atomic mass is 10.2. The second-order valence-electron chi connectivity index (χ2n) is 4.08. The van der Waals surface area contributed by atoms with Gasteiger partial charge >= 0.3 is 5.97 Å². The van der Waals surface area contributed by atoms with E-state index in [1.54, 1.807) is 0 Å². The minimum Gasteiger partial charge on any atom is -0.506 e. The zero-order valence-electron chi connectivity index (χ0n) is 11.0. The largest absolute Gasteiger partial charge is 0.506 e. The molecule has 0 saturated carbocycles. The first-order valence-corrected chi connectivity index (χ1v) is 5.89. The van der Waals surface area contributed by atoms with Crippen LogP contribution in [0.4, 0.5) is 5.69 Å². The molecule has 3 N–H and O–H groups in total. The number of amides is 1. The topological polar surface area (TPSA) is 109 Å². The van der Waals surface area contributed by atoms with Gasteiger partial charge in [-0.3, -0.25) is 4.79 Å². The number of carboxylic acid groups (broad SMARTS) is 1. The highest BCUT2D eigenvalue weighted by molar-refractivity contribution is 6.05. The Labute approximate surface area is 119 Å². The van der Waals surface area contributed by atoms with Crippen LogP contribution in [-0.2, 0) is 0 Å². The van der Waals surface area contributed by atoms with Gasteiger partial charge in [-0.1, -0.05) is 0 Å². The lowest BCUT2D eigenvalue weighted by Crippen LogP contribution is -2.12. The molecule has 0 spiro atoms. The van der Waals surface area contributed by atoms with E-state index in [-0.39, 0.29) is 22.6 Å². The number of ether oxygens (including phenoxy) is 1. The van der Waals surface area contributed by atoms with Crippen molar-refractivity contribution in [2.75, 3.05) is 12.4 Å². The summed E-state index contributed by atoms with van der Waals surface area (Å²) in [6.45, 7) is 0. The third-order valence-corrected chi connectivity index (χ3v) is 2.70. The lowest BCUT2D eigenvalue weighted by molar-refractivity contribution is 0.0696. The first-order chi connectivity index (χ1) is 10.0. The lowest BCUT2D eigenvalue weighted by Gasteiger charge is -2.08. The molecule has 21 heavy (non-hydrogen) atoms. The summed E-state index contributed by atoms with van der Waals surface area (Å²) in [7, 11) is 1.46. The Bertz CT molecular complexity index is 682. The van der Waals surface area contributed by atoms with Gasteiger partial charge in [0.1, 0.15) is 5.75 Å². The van der Waals surface area contributed by atoms with Gasteiger partial charge in [0.05, 0.1) is 23.9 Å². The van der Waals surface area contributed by atoms with E-state index in [1.807, 2.05) is 0 Å². The van der Waals surface area contributed by atoms with Gasteiger partial charge in [-0.2, -0.15) is 0 Å². The number of aromatic hydroxyl groups is 1. The minimum absolute atomic E-state index is 0.0726. The molecule has 7 nitrogen and oxygen atoms in total. The molecular formula is C14H12N2O5. The number of rotatable bonds is 4. The summed E-state index contributed by atoms with van der Waals surface area (Å²) in [5.41, 5.74) is 0.315. The fraction of sp³-hybridized carbons (Fsp3) is 0.0714. The Hall–Kier alpha value is -3.09. The average molecular weight is 288 g/mol. The second kappa shape index (κ2) is 5.91. The van der Waals surface area contributed by atoms with E-state index in [9.17, 15) is 14.7 Å². The van der Waals surface area contributed by atoms with Crippen LogP contribution in [0.25, 0.3) is 0 Å². The number of aromatic carboxylic acids is 1. The molecule has 0 aliphatic carbocycles. The number of aromatic nitrogens is 1. The Kier molecular flexibility index (Phi) is 4.03. The molecule has 1 heterocycles. The Morgan fingerprint density at radius 1 is 1.19 bits per heavy atom. The maximum Gasteiger partial charge on any atom is 0.335 e. The number of anilines is 1. The SMILES string of the molecule is COc1ccc(C(=O)Nc2ccc(C(=O)O)cc2O)cn1. The van der Waals surface area contributed by atoms with Crippen molar-refractivity contribution >= 4 is 17.6 Å². The molecule has 108 valence electrons. The van der Waals surface area contributed by atoms with E-state index in [1.165, 1.54) is 37.6 Å². The van der Waals surface area contributed by atoms with Gasteiger partial charge in [-0.15, -0.1) is 0 Å². The van der Waals surface area contributed by atoms with Gasteiger partial charge in [0, 0.05) is 12.3 Å². The number of carbonyl (C=O) groups is 2. The standard InChI is InChI=1S/C14H12N2O5/c1-21-12-5-3-9(7-15-12)13(18)16-10-4-2-8(14(19)20)6-11(10)17/h2-7,17H,1H3,(H,16,18)(H,19,20). The van der Waals surface area contributed by atoms with Crippen molar-refractivity contribution in [3.8, 4) is 11.6 Å². The predicted octanol–water partition coefficient (Wildman–Crippen LogP) is 1.75. The van der Waals surface area contributed by atoms with E-state index < -0.39 is 11.9 Å². The van der Waals surface area contributed by atoms with Crippen molar-refractivity contribution in [1.29, 1.82) is 0 Å². The van der Waals surface area contributed by atoms with Gasteiger partial charge in [0.2, 0.25) is 5.88 Å². The summed E-state index contributed by atoms with van der Waals surface area (Å²) in [5.74, 6) is -1.60. The maximum atomic E-state index is 12.0. The minimum atomic E-state index is -1.16. The van der Waals surface area contributed by atoms with Crippen LogP contribution < -0.4 is 10.1 Å². The average Bonchev–Trinajstić information content (AvgIpc) is 2.49. The molecule has 1 aromatic heterocycles. The fourth-order valence-electron chi connectivity index (χ4n) is 1.60. The Morgan fingerprint density at radius 2 is 1.90 bits per heavy atom. The van der Waals surface area contributed by atoms with Gasteiger partial charge in [-0.25, -0.2) is 9.78 Å². The molecule has 0 atom stereocenters. The Morgan fingerprint density at radius 3 is 2.43 bits per heavy atom. The van der Waals surface area contributed by atoms with Crippen LogP contribution in [0.1, 0.15) is 20.7 Å². The number of pyridine rings is 1. The van der Waals surface area contributed by atoms with Crippen molar-refractivity contribution in [3.05, 3.63) is 47.7 Å². The second-order valence-corrected chi connectivity index (χ2v) is 4.08. The normalized spacial score (nSPS) is 9.95. The quantitative estimate of drug-likeness (QED) is 0.739. The zero-order valence-corrected chi connectivity index (χ0v) is 11.0. The number of carbonyl (C=O) groups excluding carboxylic acids is 1. The van der Waals surface area contributed by atoms with Crippen LogP contribution in [0.3, 0.4) is 0 Å². The van der Waals surface area contributed by atoms with E-state index in [0.717, 1.165) is 6.07 Å².